The van der Waals surface area contributed by atoms with Crippen molar-refractivity contribution in [2.24, 2.45) is 0 Å². The maximum atomic E-state index is 10.6. The molecule has 0 saturated carbocycles. The van der Waals surface area contributed by atoms with Gasteiger partial charge in [-0.25, -0.2) is 4.98 Å². The highest BCUT2D eigenvalue weighted by molar-refractivity contribution is 5.79. The summed E-state index contributed by atoms with van der Waals surface area (Å²) in [6.45, 7) is 1.55. The van der Waals surface area contributed by atoms with Crippen LogP contribution in [0, 0.1) is 10.1 Å². The summed E-state index contributed by atoms with van der Waals surface area (Å²) in [7, 11) is 1.86. The van der Waals surface area contributed by atoms with Crippen LogP contribution >= 0.6 is 0 Å². The maximum absolute atomic E-state index is 10.6. The van der Waals surface area contributed by atoms with E-state index < -0.39 is 4.92 Å². The predicted molar refractivity (Wildman–Crippen MR) is 65.2 cm³/mol. The van der Waals surface area contributed by atoms with Crippen molar-refractivity contribution in [3.63, 3.8) is 0 Å². The summed E-state index contributed by atoms with van der Waals surface area (Å²) in [5, 5.41) is 16.7. The number of aromatic nitrogens is 2. The number of non-ortho nitro benzene ring substituents is 1. The first-order valence-corrected chi connectivity index (χ1v) is 5.23. The molecule has 0 bridgehead atoms. The standard InChI is InChI=1S/C10H13N5O2/c1-11-4-5-12-10-13-8-3-2-7(15(16)17)6-9(8)14-10/h2-3,6,11H,4-5H2,1H3,(H2,12,13,14). The Morgan fingerprint density at radius 3 is 3.00 bits per heavy atom. The lowest BCUT2D eigenvalue weighted by Crippen LogP contribution is -2.18. The normalized spacial score (nSPS) is 10.6. The Balaban J connectivity index is 2.21. The van der Waals surface area contributed by atoms with Gasteiger partial charge in [-0.15, -0.1) is 0 Å². The van der Waals surface area contributed by atoms with Crippen LogP contribution in [0.15, 0.2) is 18.2 Å². The van der Waals surface area contributed by atoms with E-state index in [9.17, 15) is 10.1 Å². The molecule has 0 amide bonds. The first-order chi connectivity index (χ1) is 8.20. The number of hydrogen-bond donors (Lipinski definition) is 3. The predicted octanol–water partition coefficient (Wildman–Crippen LogP) is 1.10. The lowest BCUT2D eigenvalue weighted by Gasteiger charge is -2.00. The largest absolute Gasteiger partial charge is 0.355 e. The fourth-order valence-electron chi connectivity index (χ4n) is 1.50. The van der Waals surface area contributed by atoms with Crippen molar-refractivity contribution in [1.29, 1.82) is 0 Å². The molecule has 90 valence electrons. The van der Waals surface area contributed by atoms with E-state index in [1.807, 2.05) is 7.05 Å². The van der Waals surface area contributed by atoms with Gasteiger partial charge >= 0.3 is 0 Å². The fraction of sp³-hybridized carbons (Fsp3) is 0.300. The first kappa shape index (κ1) is 11.3. The number of nitrogens with zero attached hydrogens (tertiary/aromatic N) is 2. The summed E-state index contributed by atoms with van der Waals surface area (Å²) in [5.41, 5.74) is 1.43. The SMILES string of the molecule is CNCCNc1nc2ccc([N+](=O)[O-])cc2[nH]1. The Morgan fingerprint density at radius 2 is 2.29 bits per heavy atom. The van der Waals surface area contributed by atoms with E-state index in [1.54, 1.807) is 6.07 Å². The smallest absolute Gasteiger partial charge is 0.271 e. The molecule has 0 aliphatic carbocycles. The van der Waals surface area contributed by atoms with Gasteiger partial charge in [0.1, 0.15) is 0 Å². The van der Waals surface area contributed by atoms with Crippen molar-refractivity contribution < 1.29 is 4.92 Å². The number of nitro groups is 1. The number of fused-ring (bicyclic) bond motifs is 1. The van der Waals surface area contributed by atoms with Gasteiger partial charge in [0.15, 0.2) is 0 Å². The third kappa shape index (κ3) is 2.51. The van der Waals surface area contributed by atoms with Crippen molar-refractivity contribution in [3.05, 3.63) is 28.3 Å². The fourth-order valence-corrected chi connectivity index (χ4v) is 1.50. The zero-order valence-electron chi connectivity index (χ0n) is 9.36. The average Bonchev–Trinajstić information content (AvgIpc) is 2.70. The van der Waals surface area contributed by atoms with Crippen molar-refractivity contribution in [2.45, 2.75) is 0 Å². The Kier molecular flexibility index (Phi) is 3.20. The number of hydrogen-bond acceptors (Lipinski definition) is 5. The van der Waals surface area contributed by atoms with Gasteiger partial charge in [0, 0.05) is 25.2 Å². The summed E-state index contributed by atoms with van der Waals surface area (Å²) in [4.78, 5) is 17.5. The van der Waals surface area contributed by atoms with Crippen LogP contribution in [0.3, 0.4) is 0 Å². The van der Waals surface area contributed by atoms with Gasteiger partial charge in [-0.1, -0.05) is 0 Å². The third-order valence-electron chi connectivity index (χ3n) is 2.34. The molecule has 0 radical (unpaired) electrons. The maximum Gasteiger partial charge on any atom is 0.271 e. The van der Waals surface area contributed by atoms with Crippen LogP contribution in [0.4, 0.5) is 11.6 Å². The summed E-state index contributed by atoms with van der Waals surface area (Å²) in [6.07, 6.45) is 0. The topological polar surface area (TPSA) is 95.9 Å². The molecule has 1 aromatic heterocycles. The van der Waals surface area contributed by atoms with Crippen molar-refractivity contribution >= 4 is 22.7 Å². The summed E-state index contributed by atoms with van der Waals surface area (Å²) in [5.74, 6) is 0.621. The number of aromatic amines is 1. The van der Waals surface area contributed by atoms with Crippen molar-refractivity contribution in [2.75, 3.05) is 25.5 Å². The van der Waals surface area contributed by atoms with E-state index >= 15 is 0 Å². The second-order valence-corrected chi connectivity index (χ2v) is 3.57. The van der Waals surface area contributed by atoms with Crippen LogP contribution in [-0.2, 0) is 0 Å². The van der Waals surface area contributed by atoms with E-state index in [0.717, 1.165) is 13.1 Å². The second-order valence-electron chi connectivity index (χ2n) is 3.57. The Morgan fingerprint density at radius 1 is 1.47 bits per heavy atom. The molecule has 0 saturated heterocycles. The molecule has 2 rings (SSSR count). The Labute approximate surface area is 97.4 Å². The molecule has 0 aliphatic rings. The van der Waals surface area contributed by atoms with Gasteiger partial charge in [0.05, 0.1) is 16.0 Å². The lowest BCUT2D eigenvalue weighted by atomic mass is 10.3. The highest BCUT2D eigenvalue weighted by Crippen LogP contribution is 2.20. The van der Waals surface area contributed by atoms with Crippen molar-refractivity contribution in [1.82, 2.24) is 15.3 Å². The Bertz CT molecular complexity index is 536. The minimum atomic E-state index is -0.422. The molecule has 1 aromatic carbocycles. The minimum Gasteiger partial charge on any atom is -0.355 e. The van der Waals surface area contributed by atoms with Gasteiger partial charge in [-0.2, -0.15) is 0 Å². The molecule has 17 heavy (non-hydrogen) atoms. The van der Waals surface area contributed by atoms with Crippen LogP contribution in [-0.4, -0.2) is 35.0 Å². The van der Waals surface area contributed by atoms with Gasteiger partial charge in [-0.05, 0) is 13.1 Å². The molecule has 0 fully saturated rings. The van der Waals surface area contributed by atoms with E-state index in [2.05, 4.69) is 20.6 Å². The third-order valence-corrected chi connectivity index (χ3v) is 2.34. The molecule has 3 N–H and O–H groups in total. The zero-order valence-corrected chi connectivity index (χ0v) is 9.36. The first-order valence-electron chi connectivity index (χ1n) is 5.23. The second kappa shape index (κ2) is 4.79. The summed E-state index contributed by atoms with van der Waals surface area (Å²) in [6, 6.07) is 4.55. The molecule has 0 atom stereocenters. The highest BCUT2D eigenvalue weighted by atomic mass is 16.6. The number of likely N-dealkylation sites (N-methyl/N-ethyl adjacent to an activating group) is 1. The number of benzene rings is 1. The van der Waals surface area contributed by atoms with Crippen LogP contribution in [0.25, 0.3) is 11.0 Å². The molecule has 1 heterocycles. The van der Waals surface area contributed by atoms with Crippen LogP contribution in [0.2, 0.25) is 0 Å². The van der Waals surface area contributed by atoms with Gasteiger partial charge < -0.3 is 15.6 Å². The molecule has 0 unspecified atom stereocenters. The number of imidazole rings is 1. The molecular weight excluding hydrogens is 222 g/mol. The molecular formula is C10H13N5O2. The summed E-state index contributed by atoms with van der Waals surface area (Å²) >= 11 is 0. The van der Waals surface area contributed by atoms with Gasteiger partial charge in [0.25, 0.3) is 5.69 Å². The average molecular weight is 235 g/mol. The minimum absolute atomic E-state index is 0.0583. The lowest BCUT2D eigenvalue weighted by molar-refractivity contribution is -0.384. The zero-order chi connectivity index (χ0) is 12.3. The monoisotopic (exact) mass is 235 g/mol. The number of nitro benzene ring substituents is 1. The molecule has 2 aromatic rings. The summed E-state index contributed by atoms with van der Waals surface area (Å²) < 4.78 is 0. The van der Waals surface area contributed by atoms with E-state index in [1.165, 1.54) is 12.1 Å². The molecule has 0 spiro atoms. The Hall–Kier alpha value is -2.15. The molecule has 0 aliphatic heterocycles. The van der Waals surface area contributed by atoms with Crippen LogP contribution in [0.1, 0.15) is 0 Å². The highest BCUT2D eigenvalue weighted by Gasteiger charge is 2.08. The quantitative estimate of drug-likeness (QED) is 0.409. The molecule has 7 heteroatoms. The van der Waals surface area contributed by atoms with Crippen LogP contribution in [0.5, 0.6) is 0 Å². The van der Waals surface area contributed by atoms with E-state index in [0.29, 0.717) is 17.0 Å². The molecule has 7 nitrogen and oxygen atoms in total. The van der Waals surface area contributed by atoms with Crippen LogP contribution < -0.4 is 10.6 Å². The van der Waals surface area contributed by atoms with Gasteiger partial charge in [0.2, 0.25) is 5.95 Å². The van der Waals surface area contributed by atoms with Crippen molar-refractivity contribution in [3.8, 4) is 0 Å². The van der Waals surface area contributed by atoms with E-state index in [-0.39, 0.29) is 5.69 Å². The number of rotatable bonds is 5. The number of anilines is 1. The van der Waals surface area contributed by atoms with Gasteiger partial charge in [-0.3, -0.25) is 10.1 Å². The number of H-pyrrole nitrogens is 1. The van der Waals surface area contributed by atoms with E-state index in [4.69, 9.17) is 0 Å². The number of nitrogens with one attached hydrogen (secondary N) is 3.